The van der Waals surface area contributed by atoms with Crippen molar-refractivity contribution in [3.63, 3.8) is 0 Å². The van der Waals surface area contributed by atoms with Gasteiger partial charge in [-0.05, 0) is 35.8 Å². The van der Waals surface area contributed by atoms with Crippen LogP contribution < -0.4 is 0 Å². The van der Waals surface area contributed by atoms with E-state index in [-0.39, 0.29) is 10.5 Å². The Morgan fingerprint density at radius 3 is 2.48 bits per heavy atom. The fourth-order valence-corrected chi connectivity index (χ4v) is 5.47. The Bertz CT molecular complexity index is 1070. The molecular weight excluding hydrogens is 432 g/mol. The van der Waals surface area contributed by atoms with E-state index in [1.165, 1.54) is 20.3 Å². The predicted octanol–water partition coefficient (Wildman–Crippen LogP) is 5.14. The Balaban J connectivity index is 2.32. The fourth-order valence-electron chi connectivity index (χ4n) is 3.78. The average molecular weight is 459 g/mol. The maximum Gasteiger partial charge on any atom is 0.418 e. The number of hydrogen-bond donors (Lipinski definition) is 0. The number of rotatable bonds is 6. The molecule has 0 saturated carbocycles. The summed E-state index contributed by atoms with van der Waals surface area (Å²) >= 11 is 3.34. The van der Waals surface area contributed by atoms with E-state index in [9.17, 15) is 9.59 Å². The number of hydrogen-bond acceptors (Lipinski definition) is 7. The van der Waals surface area contributed by atoms with E-state index in [0.717, 1.165) is 27.7 Å². The molecule has 2 aromatic rings. The molecule has 3 rings (SSSR count). The van der Waals surface area contributed by atoms with Crippen molar-refractivity contribution in [2.24, 2.45) is 0 Å². The van der Waals surface area contributed by atoms with E-state index in [1.807, 2.05) is 61.1 Å². The van der Waals surface area contributed by atoms with Crippen LogP contribution in [0.2, 0.25) is 0 Å². The molecule has 0 aliphatic carbocycles. The van der Waals surface area contributed by atoms with E-state index >= 15 is 0 Å². The Hall–Kier alpha value is -2.58. The fraction of sp³-hybridized carbons (Fsp3) is 0.304. The van der Waals surface area contributed by atoms with Crippen LogP contribution in [-0.2, 0) is 14.3 Å². The van der Waals surface area contributed by atoms with Crippen LogP contribution in [0, 0.1) is 0 Å². The SMILES string of the molecule is COC(=O)/C=C/C1=CN(C)C=CC1c1c(C(SC)SC)n(C(=O)OC)c2ccccc12. The molecular formula is C23H26N2O4S2. The summed E-state index contributed by atoms with van der Waals surface area (Å²) in [4.78, 5) is 26.6. The zero-order valence-corrected chi connectivity index (χ0v) is 19.8. The molecule has 0 saturated heterocycles. The molecule has 2 heterocycles. The molecule has 1 aromatic heterocycles. The van der Waals surface area contributed by atoms with Crippen molar-refractivity contribution in [3.8, 4) is 0 Å². The highest BCUT2D eigenvalue weighted by Gasteiger charge is 2.32. The Labute approximate surface area is 190 Å². The molecule has 1 aliphatic heterocycles. The van der Waals surface area contributed by atoms with Crippen LogP contribution in [-0.4, -0.2) is 55.3 Å². The highest BCUT2D eigenvalue weighted by molar-refractivity contribution is 8.15. The van der Waals surface area contributed by atoms with Crippen LogP contribution >= 0.6 is 23.5 Å². The predicted molar refractivity (Wildman–Crippen MR) is 128 cm³/mol. The van der Waals surface area contributed by atoms with Gasteiger partial charge in [-0.2, -0.15) is 0 Å². The first-order valence-corrected chi connectivity index (χ1v) is 12.2. The topological polar surface area (TPSA) is 60.8 Å². The minimum Gasteiger partial charge on any atom is -0.466 e. The lowest BCUT2D eigenvalue weighted by Gasteiger charge is -2.26. The van der Waals surface area contributed by atoms with E-state index < -0.39 is 12.1 Å². The zero-order chi connectivity index (χ0) is 22.5. The van der Waals surface area contributed by atoms with Gasteiger partial charge in [-0.3, -0.25) is 0 Å². The number of para-hydroxylation sites is 1. The van der Waals surface area contributed by atoms with Gasteiger partial charge >= 0.3 is 12.1 Å². The van der Waals surface area contributed by atoms with Gasteiger partial charge in [-0.25, -0.2) is 14.2 Å². The van der Waals surface area contributed by atoms with Crippen molar-refractivity contribution in [2.75, 3.05) is 33.8 Å². The molecule has 6 nitrogen and oxygen atoms in total. The number of thioether (sulfide) groups is 2. The molecule has 1 aliphatic rings. The Morgan fingerprint density at radius 1 is 1.13 bits per heavy atom. The minimum atomic E-state index is -0.418. The Morgan fingerprint density at radius 2 is 1.84 bits per heavy atom. The first-order valence-electron chi connectivity index (χ1n) is 9.61. The molecule has 0 amide bonds. The summed E-state index contributed by atoms with van der Waals surface area (Å²) in [6.07, 6.45) is 12.9. The van der Waals surface area contributed by atoms with Crippen molar-refractivity contribution < 1.29 is 19.1 Å². The van der Waals surface area contributed by atoms with Crippen LogP contribution in [0.4, 0.5) is 4.79 Å². The summed E-state index contributed by atoms with van der Waals surface area (Å²) < 4.78 is 11.6. The van der Waals surface area contributed by atoms with Crippen LogP contribution in [0.1, 0.15) is 21.8 Å². The molecule has 8 heteroatoms. The summed E-state index contributed by atoms with van der Waals surface area (Å²) in [5.41, 5.74) is 3.64. The molecule has 1 unspecified atom stereocenters. The van der Waals surface area contributed by atoms with Gasteiger partial charge in [0.25, 0.3) is 0 Å². The molecule has 0 radical (unpaired) electrons. The van der Waals surface area contributed by atoms with Crippen molar-refractivity contribution in [1.29, 1.82) is 0 Å². The highest BCUT2D eigenvalue weighted by atomic mass is 32.2. The van der Waals surface area contributed by atoms with Crippen molar-refractivity contribution in [3.05, 3.63) is 71.7 Å². The summed E-state index contributed by atoms with van der Waals surface area (Å²) in [7, 11) is 4.69. The lowest BCUT2D eigenvalue weighted by atomic mass is 9.87. The number of ether oxygens (including phenoxy) is 2. The number of aromatic nitrogens is 1. The zero-order valence-electron chi connectivity index (χ0n) is 18.2. The number of allylic oxidation sites excluding steroid dienone is 3. The van der Waals surface area contributed by atoms with E-state index in [0.29, 0.717) is 0 Å². The minimum absolute atomic E-state index is 0.0143. The third-order valence-electron chi connectivity index (χ3n) is 5.11. The molecule has 0 bridgehead atoms. The van der Waals surface area contributed by atoms with Gasteiger partial charge in [0.1, 0.15) is 0 Å². The van der Waals surface area contributed by atoms with Crippen LogP contribution in [0.25, 0.3) is 10.9 Å². The lowest BCUT2D eigenvalue weighted by Crippen LogP contribution is -2.18. The van der Waals surface area contributed by atoms with Gasteiger partial charge in [0.2, 0.25) is 0 Å². The number of carbonyl (C=O) groups is 2. The number of fused-ring (bicyclic) bond motifs is 1. The van der Waals surface area contributed by atoms with Gasteiger partial charge in [0.15, 0.2) is 0 Å². The first-order chi connectivity index (χ1) is 15.0. The third kappa shape index (κ3) is 4.55. The van der Waals surface area contributed by atoms with Gasteiger partial charge in [0, 0.05) is 36.8 Å². The van der Waals surface area contributed by atoms with E-state index in [4.69, 9.17) is 9.47 Å². The smallest absolute Gasteiger partial charge is 0.418 e. The summed E-state index contributed by atoms with van der Waals surface area (Å²) in [6, 6.07) is 7.85. The highest BCUT2D eigenvalue weighted by Crippen LogP contribution is 2.47. The van der Waals surface area contributed by atoms with Crippen molar-refractivity contribution >= 4 is 46.5 Å². The molecule has 31 heavy (non-hydrogen) atoms. The normalized spacial score (nSPS) is 16.3. The average Bonchev–Trinajstić information content (AvgIpc) is 3.12. The van der Waals surface area contributed by atoms with Crippen LogP contribution in [0.15, 0.2) is 60.5 Å². The van der Waals surface area contributed by atoms with Crippen LogP contribution in [0.5, 0.6) is 0 Å². The largest absolute Gasteiger partial charge is 0.466 e. The number of nitrogens with zero attached hydrogens (tertiary/aromatic N) is 2. The Kier molecular flexibility index (Phi) is 7.56. The van der Waals surface area contributed by atoms with Gasteiger partial charge in [-0.15, -0.1) is 23.5 Å². The third-order valence-corrected chi connectivity index (χ3v) is 7.57. The van der Waals surface area contributed by atoms with Crippen LogP contribution in [0.3, 0.4) is 0 Å². The summed E-state index contributed by atoms with van der Waals surface area (Å²) in [5, 5.41) is 0.979. The number of esters is 1. The monoisotopic (exact) mass is 458 g/mol. The second-order valence-corrected chi connectivity index (χ2v) is 9.08. The first kappa shape index (κ1) is 23.1. The standard InChI is InChI=1S/C23H26N2O4S2/c1-24-13-12-16(15(14-24)10-11-19(26)28-2)20-17-8-6-7-9-18(17)25(23(27)29-3)21(20)22(30-4)31-5/h6-14,16,22H,1-5H3/b11-10+. The van der Waals surface area contributed by atoms with Gasteiger partial charge < -0.3 is 14.4 Å². The van der Waals surface area contributed by atoms with Gasteiger partial charge in [0.05, 0.1) is 30.0 Å². The second-order valence-electron chi connectivity index (χ2n) is 6.90. The van der Waals surface area contributed by atoms with E-state index in [2.05, 4.69) is 6.08 Å². The maximum absolute atomic E-state index is 12.9. The molecule has 1 aromatic carbocycles. The molecule has 0 spiro atoms. The quantitative estimate of drug-likeness (QED) is 0.338. The molecule has 0 N–H and O–H groups in total. The number of benzene rings is 1. The summed E-state index contributed by atoms with van der Waals surface area (Å²) in [5.74, 6) is -0.565. The van der Waals surface area contributed by atoms with Crippen molar-refractivity contribution in [2.45, 2.75) is 10.5 Å². The lowest BCUT2D eigenvalue weighted by molar-refractivity contribution is -0.134. The number of methoxy groups -OCH3 is 2. The van der Waals surface area contributed by atoms with Gasteiger partial charge in [-0.1, -0.05) is 24.3 Å². The van der Waals surface area contributed by atoms with E-state index in [1.54, 1.807) is 34.2 Å². The molecule has 0 fully saturated rings. The molecule has 1 atom stereocenters. The molecule has 164 valence electrons. The maximum atomic E-state index is 12.9. The van der Waals surface area contributed by atoms with Crippen molar-refractivity contribution in [1.82, 2.24) is 9.47 Å². The summed E-state index contributed by atoms with van der Waals surface area (Å²) in [6.45, 7) is 0. The second kappa shape index (κ2) is 10.2. The number of carbonyl (C=O) groups excluding carboxylic acids is 2.